The molecule has 4 aromatic carbocycles. The standard InChI is InChI=1S/C22H16F2O/c23-18-9-15(10-19(24)12-18)13-25-14-22-20-7-3-1-5-16(20)11-17-6-2-4-8-21(17)22/h1-12H,13-14H2. The molecule has 0 N–H and O–H groups in total. The molecule has 0 aromatic heterocycles. The van der Waals surface area contributed by atoms with Crippen molar-refractivity contribution < 1.29 is 13.5 Å². The molecule has 0 saturated heterocycles. The first kappa shape index (κ1) is 15.7. The van der Waals surface area contributed by atoms with Crippen molar-refractivity contribution in [3.8, 4) is 0 Å². The van der Waals surface area contributed by atoms with Crippen LogP contribution in [0.15, 0.2) is 72.8 Å². The summed E-state index contributed by atoms with van der Waals surface area (Å²) < 4.78 is 32.4. The maximum atomic E-state index is 13.3. The van der Waals surface area contributed by atoms with Crippen molar-refractivity contribution in [1.29, 1.82) is 0 Å². The van der Waals surface area contributed by atoms with Crippen LogP contribution >= 0.6 is 0 Å². The second-order valence-electron chi connectivity index (χ2n) is 6.07. The van der Waals surface area contributed by atoms with Gasteiger partial charge in [0.1, 0.15) is 11.6 Å². The summed E-state index contributed by atoms with van der Waals surface area (Å²) in [7, 11) is 0. The van der Waals surface area contributed by atoms with E-state index in [4.69, 9.17) is 4.74 Å². The summed E-state index contributed by atoms with van der Waals surface area (Å²) in [6, 6.07) is 21.9. The predicted octanol–water partition coefficient (Wildman–Crippen LogP) is 5.99. The number of ether oxygens (including phenoxy) is 1. The zero-order valence-corrected chi connectivity index (χ0v) is 13.5. The van der Waals surface area contributed by atoms with E-state index in [1.165, 1.54) is 12.1 Å². The lowest BCUT2D eigenvalue weighted by molar-refractivity contribution is 0.108. The lowest BCUT2D eigenvalue weighted by atomic mass is 9.97. The van der Waals surface area contributed by atoms with E-state index < -0.39 is 11.6 Å². The quantitative estimate of drug-likeness (QED) is 0.417. The Morgan fingerprint density at radius 3 is 1.80 bits per heavy atom. The fourth-order valence-electron chi connectivity index (χ4n) is 3.23. The summed E-state index contributed by atoms with van der Waals surface area (Å²) in [5, 5.41) is 4.56. The van der Waals surface area contributed by atoms with Crippen LogP contribution < -0.4 is 0 Å². The van der Waals surface area contributed by atoms with Gasteiger partial charge in [-0.25, -0.2) is 8.78 Å². The summed E-state index contributed by atoms with van der Waals surface area (Å²) in [5.74, 6) is -1.18. The smallest absolute Gasteiger partial charge is 0.126 e. The molecule has 124 valence electrons. The second kappa shape index (κ2) is 6.61. The van der Waals surface area contributed by atoms with Crippen molar-refractivity contribution in [3.63, 3.8) is 0 Å². The Kier molecular flexibility index (Phi) is 4.16. The van der Waals surface area contributed by atoms with E-state index in [1.54, 1.807) is 0 Å². The van der Waals surface area contributed by atoms with Gasteiger partial charge >= 0.3 is 0 Å². The monoisotopic (exact) mass is 334 g/mol. The van der Waals surface area contributed by atoms with Crippen molar-refractivity contribution in [2.24, 2.45) is 0 Å². The van der Waals surface area contributed by atoms with Gasteiger partial charge in [-0.05, 0) is 50.9 Å². The molecule has 0 unspecified atom stereocenters. The SMILES string of the molecule is Fc1cc(F)cc(COCc2c3ccccc3cc3ccccc23)c1. The molecule has 0 aliphatic carbocycles. The minimum atomic E-state index is -0.589. The molecule has 0 amide bonds. The molecule has 0 saturated carbocycles. The topological polar surface area (TPSA) is 9.23 Å². The van der Waals surface area contributed by atoms with E-state index in [0.29, 0.717) is 12.2 Å². The Morgan fingerprint density at radius 2 is 1.20 bits per heavy atom. The van der Waals surface area contributed by atoms with Gasteiger partial charge in [0.05, 0.1) is 13.2 Å². The Labute approximate surface area is 144 Å². The maximum Gasteiger partial charge on any atom is 0.126 e. The molecule has 4 rings (SSSR count). The van der Waals surface area contributed by atoms with E-state index in [-0.39, 0.29) is 6.61 Å². The first-order valence-electron chi connectivity index (χ1n) is 8.13. The van der Waals surface area contributed by atoms with Crippen LogP contribution in [0, 0.1) is 11.6 Å². The van der Waals surface area contributed by atoms with Gasteiger partial charge < -0.3 is 4.74 Å². The third kappa shape index (κ3) is 3.24. The van der Waals surface area contributed by atoms with Gasteiger partial charge in [-0.15, -0.1) is 0 Å². The molecule has 3 heteroatoms. The summed E-state index contributed by atoms with van der Waals surface area (Å²) in [6.07, 6.45) is 0. The molecule has 0 spiro atoms. The fraction of sp³-hybridized carbons (Fsp3) is 0.0909. The maximum absolute atomic E-state index is 13.3. The van der Waals surface area contributed by atoms with Gasteiger partial charge in [-0.3, -0.25) is 0 Å². The summed E-state index contributed by atoms with van der Waals surface area (Å²) in [4.78, 5) is 0. The zero-order chi connectivity index (χ0) is 17.2. The molecular weight excluding hydrogens is 318 g/mol. The molecule has 0 fully saturated rings. The van der Waals surface area contributed by atoms with E-state index in [1.807, 2.05) is 24.3 Å². The largest absolute Gasteiger partial charge is 0.372 e. The van der Waals surface area contributed by atoms with E-state index in [9.17, 15) is 8.78 Å². The van der Waals surface area contributed by atoms with E-state index in [0.717, 1.165) is 33.2 Å². The Hall–Kier alpha value is -2.78. The van der Waals surface area contributed by atoms with Crippen molar-refractivity contribution in [2.45, 2.75) is 13.2 Å². The number of fused-ring (bicyclic) bond motifs is 2. The highest BCUT2D eigenvalue weighted by atomic mass is 19.1. The summed E-state index contributed by atoms with van der Waals surface area (Å²) in [5.41, 5.74) is 1.58. The van der Waals surface area contributed by atoms with E-state index in [2.05, 4.69) is 30.3 Å². The molecule has 0 bridgehead atoms. The average Bonchev–Trinajstić information content (AvgIpc) is 2.60. The van der Waals surface area contributed by atoms with Gasteiger partial charge in [0, 0.05) is 6.07 Å². The lowest BCUT2D eigenvalue weighted by Gasteiger charge is -2.12. The van der Waals surface area contributed by atoms with Crippen LogP contribution in [-0.2, 0) is 18.0 Å². The number of halogens is 2. The lowest BCUT2D eigenvalue weighted by Crippen LogP contribution is -1.98. The molecule has 4 aromatic rings. The van der Waals surface area contributed by atoms with Gasteiger partial charge in [0.25, 0.3) is 0 Å². The molecular formula is C22H16F2O. The minimum absolute atomic E-state index is 0.159. The molecule has 0 heterocycles. The van der Waals surface area contributed by atoms with Crippen LogP contribution in [0.25, 0.3) is 21.5 Å². The molecule has 0 radical (unpaired) electrons. The Balaban J connectivity index is 1.67. The highest BCUT2D eigenvalue weighted by Crippen LogP contribution is 2.29. The minimum Gasteiger partial charge on any atom is -0.372 e. The van der Waals surface area contributed by atoms with Crippen molar-refractivity contribution in [1.82, 2.24) is 0 Å². The summed E-state index contributed by atoms with van der Waals surface area (Å²) >= 11 is 0. The average molecular weight is 334 g/mol. The first-order chi connectivity index (χ1) is 12.2. The third-order valence-electron chi connectivity index (χ3n) is 4.32. The van der Waals surface area contributed by atoms with Crippen molar-refractivity contribution in [3.05, 3.63) is 95.6 Å². The first-order valence-corrected chi connectivity index (χ1v) is 8.13. The summed E-state index contributed by atoms with van der Waals surface area (Å²) in [6.45, 7) is 0.534. The van der Waals surface area contributed by atoms with Crippen LogP contribution in [0.3, 0.4) is 0 Å². The van der Waals surface area contributed by atoms with Gasteiger partial charge in [0.15, 0.2) is 0 Å². The van der Waals surface area contributed by atoms with Crippen LogP contribution in [0.2, 0.25) is 0 Å². The van der Waals surface area contributed by atoms with Crippen LogP contribution in [-0.4, -0.2) is 0 Å². The molecule has 0 aliphatic heterocycles. The zero-order valence-electron chi connectivity index (χ0n) is 13.5. The third-order valence-corrected chi connectivity index (χ3v) is 4.32. The molecule has 1 nitrogen and oxygen atoms in total. The Bertz CT molecular complexity index is 982. The predicted molar refractivity (Wildman–Crippen MR) is 96.3 cm³/mol. The molecule has 0 aliphatic rings. The normalized spacial score (nSPS) is 11.3. The van der Waals surface area contributed by atoms with Crippen LogP contribution in [0.5, 0.6) is 0 Å². The Morgan fingerprint density at radius 1 is 0.640 bits per heavy atom. The fourth-order valence-corrected chi connectivity index (χ4v) is 3.23. The molecule has 0 atom stereocenters. The van der Waals surface area contributed by atoms with Crippen molar-refractivity contribution >= 4 is 21.5 Å². The second-order valence-corrected chi connectivity index (χ2v) is 6.07. The van der Waals surface area contributed by atoms with Gasteiger partial charge in [-0.1, -0.05) is 48.5 Å². The number of hydrogen-bond acceptors (Lipinski definition) is 1. The van der Waals surface area contributed by atoms with Gasteiger partial charge in [-0.2, -0.15) is 0 Å². The van der Waals surface area contributed by atoms with Crippen LogP contribution in [0.4, 0.5) is 8.78 Å². The number of rotatable bonds is 4. The highest BCUT2D eigenvalue weighted by molar-refractivity contribution is 6.02. The highest BCUT2D eigenvalue weighted by Gasteiger charge is 2.08. The van der Waals surface area contributed by atoms with Crippen LogP contribution in [0.1, 0.15) is 11.1 Å². The van der Waals surface area contributed by atoms with Gasteiger partial charge in [0.2, 0.25) is 0 Å². The number of benzene rings is 4. The van der Waals surface area contributed by atoms with E-state index >= 15 is 0 Å². The van der Waals surface area contributed by atoms with Crippen molar-refractivity contribution in [2.75, 3.05) is 0 Å². The number of hydrogen-bond donors (Lipinski definition) is 0. The molecule has 25 heavy (non-hydrogen) atoms.